The number of hydrogen-bond acceptors (Lipinski definition) is 3. The molecule has 1 N–H and O–H groups in total. The number of amides is 1. The van der Waals surface area contributed by atoms with Crippen LogP contribution in [0.1, 0.15) is 45.2 Å². The molecule has 2 atom stereocenters. The number of hydrogen-bond donors (Lipinski definition) is 1. The highest BCUT2D eigenvalue weighted by atomic mass is 35.5. The summed E-state index contributed by atoms with van der Waals surface area (Å²) in [5.74, 6) is 0.285. The highest BCUT2D eigenvalue weighted by Gasteiger charge is 2.40. The van der Waals surface area contributed by atoms with Crippen molar-refractivity contribution in [2.24, 2.45) is 0 Å². The summed E-state index contributed by atoms with van der Waals surface area (Å²) >= 11 is 6.26. The van der Waals surface area contributed by atoms with Gasteiger partial charge in [-0.1, -0.05) is 35.9 Å². The first kappa shape index (κ1) is 17.7. The second-order valence-electron chi connectivity index (χ2n) is 7.00. The minimum Gasteiger partial charge on any atom is -0.349 e. The Morgan fingerprint density at radius 3 is 2.81 bits per heavy atom. The van der Waals surface area contributed by atoms with Gasteiger partial charge in [0.25, 0.3) is 5.91 Å². The third-order valence-corrected chi connectivity index (χ3v) is 5.47. The molecule has 0 aliphatic heterocycles. The van der Waals surface area contributed by atoms with Crippen LogP contribution >= 0.6 is 11.6 Å². The van der Waals surface area contributed by atoms with Crippen molar-refractivity contribution in [3.8, 4) is 0 Å². The van der Waals surface area contributed by atoms with Gasteiger partial charge in [-0.05, 0) is 43.5 Å². The van der Waals surface area contributed by atoms with Crippen molar-refractivity contribution >= 4 is 17.5 Å². The maximum atomic E-state index is 12.8. The number of nitrogens with zero attached hydrogens (tertiary/aromatic N) is 3. The van der Waals surface area contributed by atoms with Gasteiger partial charge in [-0.15, -0.1) is 0 Å². The van der Waals surface area contributed by atoms with Crippen molar-refractivity contribution < 1.29 is 4.79 Å². The van der Waals surface area contributed by atoms with Crippen molar-refractivity contribution in [3.63, 3.8) is 0 Å². The fourth-order valence-corrected chi connectivity index (χ4v) is 3.72. The number of carbonyl (C=O) groups excluding carboxylic acids is 1. The Labute approximate surface area is 163 Å². The minimum atomic E-state index is -0.0631. The number of aryl methyl sites for hydroxylation is 1. The molecule has 6 heteroatoms. The molecule has 0 unspecified atom stereocenters. The van der Waals surface area contributed by atoms with E-state index in [1.54, 1.807) is 6.20 Å². The van der Waals surface area contributed by atoms with Gasteiger partial charge in [-0.3, -0.25) is 14.5 Å². The second-order valence-corrected chi connectivity index (χ2v) is 7.41. The molecule has 1 aliphatic rings. The van der Waals surface area contributed by atoms with Gasteiger partial charge in [-0.25, -0.2) is 0 Å². The molecule has 3 aromatic rings. The molecule has 1 fully saturated rings. The zero-order valence-electron chi connectivity index (χ0n) is 15.3. The van der Waals surface area contributed by atoms with Crippen LogP contribution in [0.2, 0.25) is 5.02 Å². The van der Waals surface area contributed by atoms with Gasteiger partial charge in [0, 0.05) is 35.1 Å². The van der Waals surface area contributed by atoms with E-state index in [2.05, 4.69) is 21.5 Å². The van der Waals surface area contributed by atoms with E-state index in [4.69, 9.17) is 11.6 Å². The van der Waals surface area contributed by atoms with E-state index in [-0.39, 0.29) is 11.9 Å². The average molecular weight is 381 g/mol. The minimum absolute atomic E-state index is 0.0631. The van der Waals surface area contributed by atoms with Gasteiger partial charge in [0.05, 0.1) is 17.8 Å². The van der Waals surface area contributed by atoms with Crippen LogP contribution in [0.5, 0.6) is 0 Å². The molecule has 0 bridgehead atoms. The van der Waals surface area contributed by atoms with Gasteiger partial charge in [0.15, 0.2) is 0 Å². The summed E-state index contributed by atoms with van der Waals surface area (Å²) in [4.78, 5) is 17.0. The van der Waals surface area contributed by atoms with E-state index in [1.807, 2.05) is 55.1 Å². The standard InChI is InChI=1S/C21H21ClN4O/c1-13-20(14(2)26(25-13)12-16-6-3-4-8-18(16)22)21(27)24-19-10-17(19)15-7-5-9-23-11-15/h3-9,11,17,19H,10,12H2,1-2H3,(H,24,27)/t17-,19+/m1/s1. The van der Waals surface area contributed by atoms with Crippen LogP contribution in [0.4, 0.5) is 0 Å². The zero-order chi connectivity index (χ0) is 19.0. The molecule has 1 saturated carbocycles. The van der Waals surface area contributed by atoms with Gasteiger partial charge in [0.1, 0.15) is 0 Å². The number of aromatic nitrogens is 3. The van der Waals surface area contributed by atoms with E-state index in [0.717, 1.165) is 23.4 Å². The summed E-state index contributed by atoms with van der Waals surface area (Å²) in [7, 11) is 0. The average Bonchev–Trinajstić information content (AvgIpc) is 3.36. The molecule has 0 saturated heterocycles. The highest BCUT2D eigenvalue weighted by molar-refractivity contribution is 6.31. The Bertz CT molecular complexity index is 983. The summed E-state index contributed by atoms with van der Waals surface area (Å²) in [6.07, 6.45) is 4.58. The highest BCUT2D eigenvalue weighted by Crippen LogP contribution is 2.40. The van der Waals surface area contributed by atoms with Crippen LogP contribution in [-0.4, -0.2) is 26.7 Å². The Hall–Kier alpha value is -2.66. The molecule has 138 valence electrons. The van der Waals surface area contributed by atoms with E-state index >= 15 is 0 Å². The fraction of sp³-hybridized carbons (Fsp3) is 0.286. The lowest BCUT2D eigenvalue weighted by atomic mass is 10.1. The topological polar surface area (TPSA) is 59.8 Å². The van der Waals surface area contributed by atoms with Gasteiger partial charge >= 0.3 is 0 Å². The molecule has 27 heavy (non-hydrogen) atoms. The maximum absolute atomic E-state index is 12.8. The third-order valence-electron chi connectivity index (χ3n) is 5.11. The molecule has 1 amide bonds. The number of carbonyl (C=O) groups is 1. The molecular formula is C21H21ClN4O. The Kier molecular flexibility index (Phi) is 4.70. The first-order chi connectivity index (χ1) is 13.0. The summed E-state index contributed by atoms with van der Waals surface area (Å²) in [6, 6.07) is 11.8. The lowest BCUT2D eigenvalue weighted by Crippen LogP contribution is -2.27. The largest absolute Gasteiger partial charge is 0.349 e. The van der Waals surface area contributed by atoms with Crippen LogP contribution in [0.15, 0.2) is 48.8 Å². The van der Waals surface area contributed by atoms with Crippen LogP contribution < -0.4 is 5.32 Å². The number of benzene rings is 1. The number of rotatable bonds is 5. The lowest BCUT2D eigenvalue weighted by molar-refractivity contribution is 0.0949. The SMILES string of the molecule is Cc1nn(Cc2ccccc2Cl)c(C)c1C(=O)N[C@H]1C[C@@H]1c1cccnc1. The molecule has 1 aromatic carbocycles. The van der Waals surface area contributed by atoms with Crippen molar-refractivity contribution in [2.75, 3.05) is 0 Å². The van der Waals surface area contributed by atoms with Crippen molar-refractivity contribution in [1.82, 2.24) is 20.1 Å². The summed E-state index contributed by atoms with van der Waals surface area (Å²) < 4.78 is 1.84. The number of nitrogens with one attached hydrogen (secondary N) is 1. The van der Waals surface area contributed by atoms with Gasteiger partial charge in [0.2, 0.25) is 0 Å². The smallest absolute Gasteiger partial charge is 0.255 e. The molecule has 2 heterocycles. The zero-order valence-corrected chi connectivity index (χ0v) is 16.1. The van der Waals surface area contributed by atoms with E-state index in [1.165, 1.54) is 5.56 Å². The fourth-order valence-electron chi connectivity index (χ4n) is 3.53. The Morgan fingerprint density at radius 1 is 1.26 bits per heavy atom. The van der Waals surface area contributed by atoms with Crippen LogP contribution in [-0.2, 0) is 6.54 Å². The normalized spacial score (nSPS) is 18.3. The lowest BCUT2D eigenvalue weighted by Gasteiger charge is -2.08. The van der Waals surface area contributed by atoms with E-state index < -0.39 is 0 Å². The monoisotopic (exact) mass is 380 g/mol. The van der Waals surface area contributed by atoms with Gasteiger partial charge in [-0.2, -0.15) is 5.10 Å². The third kappa shape index (κ3) is 3.60. The predicted octanol–water partition coefficient (Wildman–Crippen LogP) is 3.88. The molecule has 5 nitrogen and oxygen atoms in total. The molecule has 0 spiro atoms. The summed E-state index contributed by atoms with van der Waals surface area (Å²) in [5, 5.41) is 8.40. The van der Waals surface area contributed by atoms with Crippen LogP contribution in [0, 0.1) is 13.8 Å². The van der Waals surface area contributed by atoms with Crippen molar-refractivity contribution in [1.29, 1.82) is 0 Å². The maximum Gasteiger partial charge on any atom is 0.255 e. The number of halogens is 1. The van der Waals surface area contributed by atoms with E-state index in [0.29, 0.717) is 23.0 Å². The second kappa shape index (κ2) is 7.16. The Morgan fingerprint density at radius 2 is 2.07 bits per heavy atom. The molecule has 2 aromatic heterocycles. The van der Waals surface area contributed by atoms with E-state index in [9.17, 15) is 4.79 Å². The molecule has 1 aliphatic carbocycles. The van der Waals surface area contributed by atoms with Crippen LogP contribution in [0.25, 0.3) is 0 Å². The molecule has 0 radical (unpaired) electrons. The molecule has 4 rings (SSSR count). The van der Waals surface area contributed by atoms with Crippen molar-refractivity contribution in [2.45, 2.75) is 38.8 Å². The first-order valence-electron chi connectivity index (χ1n) is 9.03. The Balaban J connectivity index is 1.49. The quantitative estimate of drug-likeness (QED) is 0.730. The predicted molar refractivity (Wildman–Crippen MR) is 105 cm³/mol. The number of pyridine rings is 1. The van der Waals surface area contributed by atoms with Crippen LogP contribution in [0.3, 0.4) is 0 Å². The van der Waals surface area contributed by atoms with Gasteiger partial charge < -0.3 is 5.32 Å². The first-order valence-corrected chi connectivity index (χ1v) is 9.40. The molecular weight excluding hydrogens is 360 g/mol. The summed E-state index contributed by atoms with van der Waals surface area (Å²) in [5.41, 5.74) is 4.39. The van der Waals surface area contributed by atoms with Crippen molar-refractivity contribution in [3.05, 3.63) is 81.9 Å². The summed E-state index contributed by atoms with van der Waals surface area (Å²) in [6.45, 7) is 4.34.